The largest absolute Gasteiger partial charge is 0.506 e. The predicted octanol–water partition coefficient (Wildman–Crippen LogP) is 5.43. The van der Waals surface area contributed by atoms with Crippen LogP contribution in [0.2, 0.25) is 10.0 Å². The fraction of sp³-hybridized carbons (Fsp3) is 0.429. The highest BCUT2D eigenvalue weighted by Crippen LogP contribution is 2.34. The van der Waals surface area contributed by atoms with E-state index in [-0.39, 0.29) is 10.8 Å². The average Bonchev–Trinajstić information content (AvgIpc) is 2.66. The summed E-state index contributed by atoms with van der Waals surface area (Å²) in [7, 11) is 0. The Morgan fingerprint density at radius 2 is 1.46 bits per heavy atom. The Morgan fingerprint density at radius 3 is 2.12 bits per heavy atom. The molecule has 0 bridgehead atoms. The molecule has 5 heteroatoms. The molecule has 0 aromatic heterocycles. The van der Waals surface area contributed by atoms with E-state index in [9.17, 15) is 5.11 Å². The van der Waals surface area contributed by atoms with Crippen molar-refractivity contribution in [1.29, 1.82) is 0 Å². The summed E-state index contributed by atoms with van der Waals surface area (Å²) in [5.41, 5.74) is 2.21. The minimum Gasteiger partial charge on any atom is -0.506 e. The van der Waals surface area contributed by atoms with E-state index in [1.807, 2.05) is 12.1 Å². The number of rotatable bonds is 10. The summed E-state index contributed by atoms with van der Waals surface area (Å²) in [5.74, 6) is 0.0246. The third kappa shape index (κ3) is 6.17. The summed E-state index contributed by atoms with van der Waals surface area (Å²) in [6, 6.07) is 13.9. The van der Waals surface area contributed by atoms with Crippen molar-refractivity contribution in [2.75, 3.05) is 26.2 Å². The van der Waals surface area contributed by atoms with E-state index >= 15 is 0 Å². The van der Waals surface area contributed by atoms with Crippen LogP contribution in [0.1, 0.15) is 31.4 Å². The minimum atomic E-state index is 0.0246. The van der Waals surface area contributed by atoms with Crippen LogP contribution in [0.15, 0.2) is 42.5 Å². The van der Waals surface area contributed by atoms with Crippen LogP contribution in [0, 0.1) is 0 Å². The molecule has 0 spiro atoms. The summed E-state index contributed by atoms with van der Waals surface area (Å²) in [4.78, 5) is 4.82. The zero-order valence-corrected chi connectivity index (χ0v) is 17.1. The second-order valence-electron chi connectivity index (χ2n) is 6.45. The Bertz CT molecular complexity index is 675. The molecule has 0 heterocycles. The molecule has 0 saturated heterocycles. The molecule has 0 aliphatic heterocycles. The van der Waals surface area contributed by atoms with Crippen molar-refractivity contribution in [2.24, 2.45) is 0 Å². The standard InChI is InChI=1S/C21H28Cl2N2O/c1-3-24(4-2)13-8-14-25(15-17-9-6-5-7-10-17)16-18-11-12-19(26)21(23)20(18)22/h5-7,9-12,26H,3-4,8,13-16H2,1-2H3. The third-order valence-corrected chi connectivity index (χ3v) is 5.54. The van der Waals surface area contributed by atoms with Gasteiger partial charge in [0.15, 0.2) is 0 Å². The van der Waals surface area contributed by atoms with Crippen molar-refractivity contribution in [2.45, 2.75) is 33.4 Å². The first-order valence-electron chi connectivity index (χ1n) is 9.19. The Labute approximate surface area is 167 Å². The molecule has 0 fully saturated rings. The minimum absolute atomic E-state index is 0.0246. The molecule has 1 N–H and O–H groups in total. The first kappa shape index (κ1) is 21.0. The van der Waals surface area contributed by atoms with Crippen molar-refractivity contribution in [1.82, 2.24) is 9.80 Å². The monoisotopic (exact) mass is 394 g/mol. The first-order valence-corrected chi connectivity index (χ1v) is 9.95. The third-order valence-electron chi connectivity index (χ3n) is 4.63. The number of aromatic hydroxyl groups is 1. The van der Waals surface area contributed by atoms with Crippen LogP contribution in [0.25, 0.3) is 0 Å². The van der Waals surface area contributed by atoms with E-state index in [0.29, 0.717) is 11.6 Å². The number of benzene rings is 2. The van der Waals surface area contributed by atoms with Gasteiger partial charge in [-0.2, -0.15) is 0 Å². The second-order valence-corrected chi connectivity index (χ2v) is 7.20. The highest BCUT2D eigenvalue weighted by Gasteiger charge is 2.14. The Kier molecular flexibility index (Phi) is 8.73. The van der Waals surface area contributed by atoms with Crippen LogP contribution in [0.3, 0.4) is 0 Å². The Morgan fingerprint density at radius 1 is 0.808 bits per heavy atom. The zero-order valence-electron chi connectivity index (χ0n) is 15.6. The molecule has 0 aliphatic rings. The summed E-state index contributed by atoms with van der Waals surface area (Å²) in [6.07, 6.45) is 1.10. The molecule has 2 aromatic carbocycles. The Balaban J connectivity index is 2.08. The van der Waals surface area contributed by atoms with Gasteiger partial charge < -0.3 is 10.0 Å². The van der Waals surface area contributed by atoms with Gasteiger partial charge in [-0.05, 0) is 43.2 Å². The maximum atomic E-state index is 9.72. The van der Waals surface area contributed by atoms with Gasteiger partial charge in [0, 0.05) is 19.6 Å². The van der Waals surface area contributed by atoms with Gasteiger partial charge in [-0.1, -0.05) is 73.4 Å². The van der Waals surface area contributed by atoms with Gasteiger partial charge in [-0.25, -0.2) is 0 Å². The van der Waals surface area contributed by atoms with E-state index < -0.39 is 0 Å². The molecule has 0 radical (unpaired) electrons. The SMILES string of the molecule is CCN(CC)CCCN(Cc1ccccc1)Cc1ccc(O)c(Cl)c1Cl. The first-order chi connectivity index (χ1) is 12.5. The summed E-state index contributed by atoms with van der Waals surface area (Å²) < 4.78 is 0. The molecule has 142 valence electrons. The van der Waals surface area contributed by atoms with Gasteiger partial charge in [0.25, 0.3) is 0 Å². The molecule has 0 atom stereocenters. The molecular formula is C21H28Cl2N2O. The van der Waals surface area contributed by atoms with Crippen molar-refractivity contribution in [3.63, 3.8) is 0 Å². The number of phenolic OH excluding ortho intramolecular Hbond substituents is 1. The fourth-order valence-electron chi connectivity index (χ4n) is 3.06. The molecule has 0 aliphatic carbocycles. The van der Waals surface area contributed by atoms with E-state index in [0.717, 1.165) is 44.7 Å². The molecule has 26 heavy (non-hydrogen) atoms. The molecule has 3 nitrogen and oxygen atoms in total. The van der Waals surface area contributed by atoms with Crippen LogP contribution in [0.5, 0.6) is 5.75 Å². The molecule has 0 amide bonds. The number of phenols is 1. The number of hydrogen-bond acceptors (Lipinski definition) is 3. The number of halogens is 2. The van der Waals surface area contributed by atoms with Crippen LogP contribution in [-0.4, -0.2) is 41.1 Å². The molecule has 0 unspecified atom stereocenters. The maximum absolute atomic E-state index is 9.72. The predicted molar refractivity (Wildman–Crippen MR) is 111 cm³/mol. The topological polar surface area (TPSA) is 26.7 Å². The van der Waals surface area contributed by atoms with E-state index in [1.165, 1.54) is 5.56 Å². The van der Waals surface area contributed by atoms with Gasteiger partial charge >= 0.3 is 0 Å². The lowest BCUT2D eigenvalue weighted by Gasteiger charge is -2.25. The maximum Gasteiger partial charge on any atom is 0.135 e. The quantitative estimate of drug-likeness (QED) is 0.581. The van der Waals surface area contributed by atoms with Crippen molar-refractivity contribution in [3.8, 4) is 5.75 Å². The van der Waals surface area contributed by atoms with Crippen LogP contribution < -0.4 is 0 Å². The van der Waals surface area contributed by atoms with Crippen LogP contribution in [-0.2, 0) is 13.1 Å². The highest BCUT2D eigenvalue weighted by molar-refractivity contribution is 6.43. The zero-order chi connectivity index (χ0) is 18.9. The van der Waals surface area contributed by atoms with Gasteiger partial charge in [0.2, 0.25) is 0 Å². The van der Waals surface area contributed by atoms with Gasteiger partial charge in [-0.3, -0.25) is 4.90 Å². The second kappa shape index (κ2) is 10.8. The summed E-state index contributed by atoms with van der Waals surface area (Å²) >= 11 is 12.5. The van der Waals surface area contributed by atoms with Crippen LogP contribution in [0.4, 0.5) is 0 Å². The van der Waals surface area contributed by atoms with Gasteiger partial charge in [-0.15, -0.1) is 0 Å². The van der Waals surface area contributed by atoms with Crippen molar-refractivity contribution < 1.29 is 5.11 Å². The van der Waals surface area contributed by atoms with E-state index in [2.05, 4.69) is 47.9 Å². The normalized spacial score (nSPS) is 11.5. The molecule has 0 saturated carbocycles. The molecular weight excluding hydrogens is 367 g/mol. The smallest absolute Gasteiger partial charge is 0.135 e. The van der Waals surface area contributed by atoms with Gasteiger partial charge in [0.05, 0.1) is 5.02 Å². The molecule has 2 rings (SSSR count). The van der Waals surface area contributed by atoms with Crippen molar-refractivity contribution in [3.05, 3.63) is 63.6 Å². The lowest BCUT2D eigenvalue weighted by molar-refractivity contribution is 0.224. The lowest BCUT2D eigenvalue weighted by atomic mass is 10.1. The fourth-order valence-corrected chi connectivity index (χ4v) is 3.46. The molecule has 2 aromatic rings. The highest BCUT2D eigenvalue weighted by atomic mass is 35.5. The van der Waals surface area contributed by atoms with Crippen molar-refractivity contribution >= 4 is 23.2 Å². The lowest BCUT2D eigenvalue weighted by Crippen LogP contribution is -2.29. The van der Waals surface area contributed by atoms with Gasteiger partial charge in [0.1, 0.15) is 10.8 Å². The van der Waals surface area contributed by atoms with E-state index in [1.54, 1.807) is 6.07 Å². The summed E-state index contributed by atoms with van der Waals surface area (Å²) in [5, 5.41) is 10.4. The average molecular weight is 395 g/mol. The van der Waals surface area contributed by atoms with Crippen LogP contribution >= 0.6 is 23.2 Å². The van der Waals surface area contributed by atoms with E-state index in [4.69, 9.17) is 23.2 Å². The summed E-state index contributed by atoms with van der Waals surface area (Å²) in [6.45, 7) is 10.2. The Hall–Kier alpha value is -1.26. The number of nitrogens with zero attached hydrogens (tertiary/aromatic N) is 2. The number of hydrogen-bond donors (Lipinski definition) is 1.